The zero-order valence-corrected chi connectivity index (χ0v) is 17.1. The fourth-order valence-corrected chi connectivity index (χ4v) is 2.93. The Hall–Kier alpha value is -3.47. The Balaban J connectivity index is 1.76. The van der Waals surface area contributed by atoms with Crippen LogP contribution in [0.3, 0.4) is 0 Å². The van der Waals surface area contributed by atoms with E-state index in [1.165, 1.54) is 0 Å². The number of nitrogens with one attached hydrogen (secondary N) is 1. The summed E-state index contributed by atoms with van der Waals surface area (Å²) in [6.07, 6.45) is 0. The summed E-state index contributed by atoms with van der Waals surface area (Å²) in [5.74, 6) is 1.96. The van der Waals surface area contributed by atoms with Gasteiger partial charge in [0, 0.05) is 16.8 Å². The smallest absolute Gasteiger partial charge is 0.255 e. The number of methoxy groups -OCH3 is 2. The molecule has 0 aromatic heterocycles. The second kappa shape index (κ2) is 9.15. The molecule has 0 saturated carbocycles. The van der Waals surface area contributed by atoms with Gasteiger partial charge in [-0.25, -0.2) is 0 Å². The standard InChI is InChI=1S/C24H25NO4/c1-16-5-6-17(2)22(13-16)25-24(26)18-7-12-23(28-4)19(14-18)15-29-21-10-8-20(27-3)9-11-21/h5-14H,15H2,1-4H3,(H,25,26). The number of anilines is 1. The Morgan fingerprint density at radius 3 is 2.28 bits per heavy atom. The number of carbonyl (C=O) groups excluding carboxylic acids is 1. The summed E-state index contributed by atoms with van der Waals surface area (Å²) in [4.78, 5) is 12.8. The van der Waals surface area contributed by atoms with E-state index in [4.69, 9.17) is 14.2 Å². The minimum Gasteiger partial charge on any atom is -0.497 e. The van der Waals surface area contributed by atoms with Crippen LogP contribution >= 0.6 is 0 Å². The van der Waals surface area contributed by atoms with E-state index in [1.54, 1.807) is 32.4 Å². The minimum absolute atomic E-state index is 0.174. The Kier molecular flexibility index (Phi) is 6.39. The van der Waals surface area contributed by atoms with Crippen molar-refractivity contribution in [2.75, 3.05) is 19.5 Å². The van der Waals surface area contributed by atoms with Gasteiger partial charge in [0.1, 0.15) is 23.9 Å². The van der Waals surface area contributed by atoms with Gasteiger partial charge < -0.3 is 19.5 Å². The molecule has 0 aliphatic heterocycles. The molecule has 5 nitrogen and oxygen atoms in total. The van der Waals surface area contributed by atoms with Crippen molar-refractivity contribution in [3.8, 4) is 17.2 Å². The molecular formula is C24H25NO4. The zero-order valence-electron chi connectivity index (χ0n) is 17.1. The fraction of sp³-hybridized carbons (Fsp3) is 0.208. The normalized spacial score (nSPS) is 10.3. The van der Waals surface area contributed by atoms with Gasteiger partial charge in [-0.3, -0.25) is 4.79 Å². The number of amides is 1. The summed E-state index contributed by atoms with van der Waals surface area (Å²) in [6.45, 7) is 4.24. The molecule has 1 amide bonds. The van der Waals surface area contributed by atoms with E-state index < -0.39 is 0 Å². The maximum Gasteiger partial charge on any atom is 0.255 e. The SMILES string of the molecule is COc1ccc(OCc2cc(C(=O)Nc3cc(C)ccc3C)ccc2OC)cc1. The van der Waals surface area contributed by atoms with Gasteiger partial charge in [0.05, 0.1) is 14.2 Å². The van der Waals surface area contributed by atoms with Crippen LogP contribution in [0.15, 0.2) is 60.7 Å². The van der Waals surface area contributed by atoms with E-state index in [-0.39, 0.29) is 12.5 Å². The molecule has 0 fully saturated rings. The van der Waals surface area contributed by atoms with E-state index in [0.29, 0.717) is 17.1 Å². The lowest BCUT2D eigenvalue weighted by atomic mass is 10.1. The van der Waals surface area contributed by atoms with Gasteiger partial charge >= 0.3 is 0 Å². The lowest BCUT2D eigenvalue weighted by molar-refractivity contribution is 0.102. The molecule has 29 heavy (non-hydrogen) atoms. The maximum atomic E-state index is 12.8. The topological polar surface area (TPSA) is 56.8 Å². The first-order chi connectivity index (χ1) is 14.0. The molecular weight excluding hydrogens is 366 g/mol. The highest BCUT2D eigenvalue weighted by Gasteiger charge is 2.12. The van der Waals surface area contributed by atoms with Crippen LogP contribution in [0.1, 0.15) is 27.0 Å². The van der Waals surface area contributed by atoms with E-state index in [2.05, 4.69) is 5.32 Å². The predicted molar refractivity (Wildman–Crippen MR) is 114 cm³/mol. The number of carbonyl (C=O) groups is 1. The van der Waals surface area contributed by atoms with Crippen LogP contribution in [0, 0.1) is 13.8 Å². The van der Waals surface area contributed by atoms with Gasteiger partial charge in [-0.05, 0) is 73.5 Å². The van der Waals surface area contributed by atoms with Crippen molar-refractivity contribution in [3.05, 3.63) is 82.9 Å². The highest BCUT2D eigenvalue weighted by molar-refractivity contribution is 6.04. The van der Waals surface area contributed by atoms with Crippen LogP contribution in [0.4, 0.5) is 5.69 Å². The Bertz CT molecular complexity index is 996. The van der Waals surface area contributed by atoms with Crippen LogP contribution in [-0.2, 0) is 6.61 Å². The quantitative estimate of drug-likeness (QED) is 0.605. The summed E-state index contributed by atoms with van der Waals surface area (Å²) in [6, 6.07) is 18.6. The minimum atomic E-state index is -0.174. The van der Waals surface area contributed by atoms with Gasteiger partial charge in [0.25, 0.3) is 5.91 Å². The highest BCUT2D eigenvalue weighted by atomic mass is 16.5. The molecule has 0 bridgehead atoms. The lowest BCUT2D eigenvalue weighted by Gasteiger charge is -2.13. The summed E-state index contributed by atoms with van der Waals surface area (Å²) in [5, 5.41) is 2.98. The van der Waals surface area contributed by atoms with E-state index in [9.17, 15) is 4.79 Å². The van der Waals surface area contributed by atoms with Gasteiger partial charge in [0.2, 0.25) is 0 Å². The van der Waals surface area contributed by atoms with Crippen LogP contribution < -0.4 is 19.5 Å². The van der Waals surface area contributed by atoms with Gasteiger partial charge in [-0.1, -0.05) is 12.1 Å². The first-order valence-corrected chi connectivity index (χ1v) is 9.32. The van der Waals surface area contributed by atoms with Crippen molar-refractivity contribution < 1.29 is 19.0 Å². The largest absolute Gasteiger partial charge is 0.497 e. The van der Waals surface area contributed by atoms with Crippen molar-refractivity contribution in [2.45, 2.75) is 20.5 Å². The van der Waals surface area contributed by atoms with Crippen LogP contribution in [0.5, 0.6) is 17.2 Å². The number of ether oxygens (including phenoxy) is 3. The molecule has 0 radical (unpaired) electrons. The lowest BCUT2D eigenvalue weighted by Crippen LogP contribution is -2.13. The van der Waals surface area contributed by atoms with Gasteiger partial charge in [-0.15, -0.1) is 0 Å². The summed E-state index contributed by atoms with van der Waals surface area (Å²) >= 11 is 0. The molecule has 0 unspecified atom stereocenters. The molecule has 3 rings (SSSR count). The first-order valence-electron chi connectivity index (χ1n) is 9.32. The van der Waals surface area contributed by atoms with Crippen molar-refractivity contribution in [1.82, 2.24) is 0 Å². The second-order valence-electron chi connectivity index (χ2n) is 6.76. The maximum absolute atomic E-state index is 12.8. The molecule has 0 aliphatic rings. The Morgan fingerprint density at radius 2 is 1.59 bits per heavy atom. The monoisotopic (exact) mass is 391 g/mol. The van der Waals surface area contributed by atoms with Crippen LogP contribution in [0.2, 0.25) is 0 Å². The predicted octanol–water partition coefficient (Wildman–Crippen LogP) is 5.15. The highest BCUT2D eigenvalue weighted by Crippen LogP contribution is 2.24. The van der Waals surface area contributed by atoms with Crippen molar-refractivity contribution >= 4 is 11.6 Å². The molecule has 3 aromatic carbocycles. The van der Waals surface area contributed by atoms with Crippen molar-refractivity contribution in [1.29, 1.82) is 0 Å². The molecule has 0 aliphatic carbocycles. The van der Waals surface area contributed by atoms with Gasteiger partial charge in [-0.2, -0.15) is 0 Å². The number of benzene rings is 3. The first kappa shape index (κ1) is 20.3. The van der Waals surface area contributed by atoms with Crippen LogP contribution in [0.25, 0.3) is 0 Å². The van der Waals surface area contributed by atoms with E-state index >= 15 is 0 Å². The third-order valence-electron chi connectivity index (χ3n) is 4.64. The molecule has 3 aromatic rings. The average Bonchev–Trinajstić information content (AvgIpc) is 2.75. The third kappa shape index (κ3) is 5.08. The molecule has 0 atom stereocenters. The number of rotatable bonds is 7. The summed E-state index contributed by atoms with van der Waals surface area (Å²) in [7, 11) is 3.22. The Morgan fingerprint density at radius 1 is 0.862 bits per heavy atom. The summed E-state index contributed by atoms with van der Waals surface area (Å²) in [5.41, 5.74) is 4.24. The number of hydrogen-bond acceptors (Lipinski definition) is 4. The fourth-order valence-electron chi connectivity index (χ4n) is 2.93. The summed E-state index contributed by atoms with van der Waals surface area (Å²) < 4.78 is 16.4. The third-order valence-corrected chi connectivity index (χ3v) is 4.64. The van der Waals surface area contributed by atoms with Gasteiger partial charge in [0.15, 0.2) is 0 Å². The van der Waals surface area contributed by atoms with Crippen molar-refractivity contribution in [2.24, 2.45) is 0 Å². The van der Waals surface area contributed by atoms with E-state index in [0.717, 1.165) is 28.1 Å². The van der Waals surface area contributed by atoms with Crippen LogP contribution in [-0.4, -0.2) is 20.1 Å². The zero-order chi connectivity index (χ0) is 20.8. The molecule has 0 saturated heterocycles. The van der Waals surface area contributed by atoms with Crippen molar-refractivity contribution in [3.63, 3.8) is 0 Å². The number of aryl methyl sites for hydroxylation is 2. The molecule has 150 valence electrons. The molecule has 0 heterocycles. The average molecular weight is 391 g/mol. The number of hydrogen-bond donors (Lipinski definition) is 1. The molecule has 5 heteroatoms. The molecule has 0 spiro atoms. The Labute approximate surface area is 171 Å². The molecule has 1 N–H and O–H groups in total. The van der Waals surface area contributed by atoms with E-state index in [1.807, 2.05) is 56.3 Å². The second-order valence-corrected chi connectivity index (χ2v) is 6.76.